The molecule has 0 fully saturated rings. The monoisotopic (exact) mass is 279 g/mol. The Morgan fingerprint density at radius 3 is 2.55 bits per heavy atom. The molecule has 5 nitrogen and oxygen atoms in total. The molecule has 1 aromatic carbocycles. The number of amides is 1. The summed E-state index contributed by atoms with van der Waals surface area (Å²) in [7, 11) is 3.59. The van der Waals surface area contributed by atoms with Crippen molar-refractivity contribution in [1.29, 1.82) is 0 Å². The van der Waals surface area contributed by atoms with Crippen molar-refractivity contribution in [3.8, 4) is 5.75 Å². The Morgan fingerprint density at radius 1 is 1.25 bits per heavy atom. The van der Waals surface area contributed by atoms with Crippen LogP contribution in [0.3, 0.4) is 0 Å². The zero-order chi connectivity index (χ0) is 15.0. The zero-order valence-corrected chi connectivity index (χ0v) is 12.8. The second-order valence-electron chi connectivity index (χ2n) is 4.59. The summed E-state index contributed by atoms with van der Waals surface area (Å²) in [5, 5.41) is 2.44. The van der Waals surface area contributed by atoms with E-state index in [9.17, 15) is 4.79 Å². The molecule has 0 radical (unpaired) electrons. The Kier molecular flexibility index (Phi) is 6.87. The van der Waals surface area contributed by atoms with E-state index in [-0.39, 0.29) is 0 Å². The Balaban J connectivity index is 2.61. The van der Waals surface area contributed by atoms with Gasteiger partial charge in [0.25, 0.3) is 0 Å². The molecule has 20 heavy (non-hydrogen) atoms. The van der Waals surface area contributed by atoms with E-state index >= 15 is 0 Å². The van der Waals surface area contributed by atoms with Crippen LogP contribution in [0.5, 0.6) is 5.75 Å². The molecule has 0 saturated carbocycles. The Hall–Kier alpha value is -1.75. The van der Waals surface area contributed by atoms with Gasteiger partial charge in [-0.1, -0.05) is 19.9 Å². The van der Waals surface area contributed by atoms with Crippen LogP contribution in [-0.2, 0) is 0 Å². The summed E-state index contributed by atoms with van der Waals surface area (Å²) in [6, 6.07) is 7.55. The van der Waals surface area contributed by atoms with Crippen molar-refractivity contribution in [3.05, 3.63) is 24.3 Å². The van der Waals surface area contributed by atoms with Gasteiger partial charge >= 0.3 is 6.09 Å². The minimum absolute atomic E-state index is 0.451. The van der Waals surface area contributed by atoms with Crippen molar-refractivity contribution in [2.75, 3.05) is 45.2 Å². The van der Waals surface area contributed by atoms with Crippen molar-refractivity contribution in [3.63, 3.8) is 0 Å². The summed E-state index contributed by atoms with van der Waals surface area (Å²) in [6.07, 6.45) is -0.451. The Labute approximate surface area is 121 Å². The summed E-state index contributed by atoms with van der Waals surface area (Å²) in [4.78, 5) is 15.7. The summed E-state index contributed by atoms with van der Waals surface area (Å²) in [6.45, 7) is 8.41. The quantitative estimate of drug-likeness (QED) is 0.831. The van der Waals surface area contributed by atoms with Gasteiger partial charge in [-0.25, -0.2) is 4.79 Å². The largest absolute Gasteiger partial charge is 0.412 e. The molecular weight excluding hydrogens is 254 g/mol. The molecule has 0 saturated heterocycles. The smallest absolute Gasteiger partial charge is 0.410 e. The van der Waals surface area contributed by atoms with Gasteiger partial charge in [0, 0.05) is 38.9 Å². The number of rotatable bonds is 7. The Bertz CT molecular complexity index is 419. The number of nitrogens with zero attached hydrogens (tertiary/aromatic N) is 2. The summed E-state index contributed by atoms with van der Waals surface area (Å²) in [5.41, 5.74) is 1.04. The van der Waals surface area contributed by atoms with Crippen LogP contribution in [0, 0.1) is 0 Å². The summed E-state index contributed by atoms with van der Waals surface area (Å²) in [5.74, 6) is 0.552. The predicted molar refractivity (Wildman–Crippen MR) is 82.6 cm³/mol. The fraction of sp³-hybridized carbons (Fsp3) is 0.533. The van der Waals surface area contributed by atoms with Crippen LogP contribution >= 0.6 is 0 Å². The lowest BCUT2D eigenvalue weighted by Gasteiger charge is -2.24. The molecule has 0 heterocycles. The molecule has 112 valence electrons. The third-order valence-electron chi connectivity index (χ3n) is 3.32. The van der Waals surface area contributed by atoms with Gasteiger partial charge in [0.1, 0.15) is 5.75 Å². The average molecular weight is 279 g/mol. The molecule has 1 aromatic rings. The molecule has 1 amide bonds. The number of hydrogen-bond acceptors (Lipinski definition) is 4. The Morgan fingerprint density at radius 2 is 1.95 bits per heavy atom. The molecular formula is C15H25N3O2. The zero-order valence-electron chi connectivity index (χ0n) is 12.8. The van der Waals surface area contributed by atoms with Gasteiger partial charge in [-0.15, -0.1) is 0 Å². The maximum absolute atomic E-state index is 11.2. The van der Waals surface area contributed by atoms with Gasteiger partial charge in [0.05, 0.1) is 0 Å². The highest BCUT2D eigenvalue weighted by Gasteiger charge is 2.07. The van der Waals surface area contributed by atoms with Crippen LogP contribution < -0.4 is 15.0 Å². The third-order valence-corrected chi connectivity index (χ3v) is 3.32. The van der Waals surface area contributed by atoms with E-state index < -0.39 is 6.09 Å². The summed E-state index contributed by atoms with van der Waals surface area (Å²) < 4.78 is 5.14. The SMILES string of the molecule is CCN(CC)CCN(C)c1cccc(OC(=O)NC)c1. The first-order valence-electron chi connectivity index (χ1n) is 7.03. The van der Waals surface area contributed by atoms with Crippen LogP contribution in [0.2, 0.25) is 0 Å². The maximum atomic E-state index is 11.2. The molecule has 0 spiro atoms. The second kappa shape index (κ2) is 8.43. The number of anilines is 1. The molecule has 0 aliphatic rings. The van der Waals surface area contributed by atoms with E-state index in [0.717, 1.165) is 31.9 Å². The normalized spacial score (nSPS) is 10.4. The summed E-state index contributed by atoms with van der Waals surface area (Å²) >= 11 is 0. The van der Waals surface area contributed by atoms with E-state index in [0.29, 0.717) is 5.75 Å². The molecule has 0 aliphatic heterocycles. The molecule has 1 N–H and O–H groups in total. The molecule has 0 aliphatic carbocycles. The minimum Gasteiger partial charge on any atom is -0.410 e. The highest BCUT2D eigenvalue weighted by atomic mass is 16.5. The highest BCUT2D eigenvalue weighted by Crippen LogP contribution is 2.20. The van der Waals surface area contributed by atoms with Crippen LogP contribution in [0.4, 0.5) is 10.5 Å². The topological polar surface area (TPSA) is 44.8 Å². The molecule has 0 bridgehead atoms. The van der Waals surface area contributed by atoms with E-state index in [4.69, 9.17) is 4.74 Å². The van der Waals surface area contributed by atoms with Crippen molar-refractivity contribution in [2.24, 2.45) is 0 Å². The number of ether oxygens (including phenoxy) is 1. The number of likely N-dealkylation sites (N-methyl/N-ethyl adjacent to an activating group) is 2. The first-order chi connectivity index (χ1) is 9.60. The number of benzene rings is 1. The van der Waals surface area contributed by atoms with Crippen LogP contribution in [0.1, 0.15) is 13.8 Å². The first kappa shape index (κ1) is 16.3. The van der Waals surface area contributed by atoms with Crippen molar-refractivity contribution >= 4 is 11.8 Å². The van der Waals surface area contributed by atoms with Gasteiger partial charge in [-0.2, -0.15) is 0 Å². The lowest BCUT2D eigenvalue weighted by Crippen LogP contribution is -2.33. The molecule has 1 rings (SSSR count). The highest BCUT2D eigenvalue weighted by molar-refractivity contribution is 5.70. The van der Waals surface area contributed by atoms with E-state index in [1.54, 1.807) is 13.1 Å². The number of carbonyl (C=O) groups is 1. The molecule has 0 aromatic heterocycles. The lowest BCUT2D eigenvalue weighted by molar-refractivity contribution is 0.203. The van der Waals surface area contributed by atoms with Crippen LogP contribution in [0.25, 0.3) is 0 Å². The fourth-order valence-electron chi connectivity index (χ4n) is 1.90. The van der Waals surface area contributed by atoms with Gasteiger partial charge in [0.2, 0.25) is 0 Å². The fourth-order valence-corrected chi connectivity index (χ4v) is 1.90. The van der Waals surface area contributed by atoms with E-state index in [1.807, 2.05) is 25.2 Å². The predicted octanol–water partition coefficient (Wildman–Crippen LogP) is 2.18. The molecule has 0 atom stereocenters. The second-order valence-corrected chi connectivity index (χ2v) is 4.59. The number of nitrogens with one attached hydrogen (secondary N) is 1. The maximum Gasteiger partial charge on any atom is 0.412 e. The van der Waals surface area contributed by atoms with Gasteiger partial charge in [0.15, 0.2) is 0 Å². The number of carbonyl (C=O) groups excluding carboxylic acids is 1. The van der Waals surface area contributed by atoms with Crippen molar-refractivity contribution in [1.82, 2.24) is 10.2 Å². The van der Waals surface area contributed by atoms with Crippen LogP contribution in [0.15, 0.2) is 24.3 Å². The average Bonchev–Trinajstić information content (AvgIpc) is 2.48. The van der Waals surface area contributed by atoms with E-state index in [2.05, 4.69) is 29.0 Å². The van der Waals surface area contributed by atoms with Gasteiger partial charge in [-0.05, 0) is 25.2 Å². The first-order valence-corrected chi connectivity index (χ1v) is 7.03. The van der Waals surface area contributed by atoms with Gasteiger partial charge < -0.3 is 19.9 Å². The van der Waals surface area contributed by atoms with Crippen LogP contribution in [-0.4, -0.2) is 51.3 Å². The standard InChI is InChI=1S/C15H25N3O2/c1-5-18(6-2)11-10-17(4)13-8-7-9-14(12-13)20-15(19)16-3/h7-9,12H,5-6,10-11H2,1-4H3,(H,16,19). The van der Waals surface area contributed by atoms with Crippen molar-refractivity contribution in [2.45, 2.75) is 13.8 Å². The lowest BCUT2D eigenvalue weighted by atomic mass is 10.2. The number of hydrogen-bond donors (Lipinski definition) is 1. The minimum atomic E-state index is -0.451. The van der Waals surface area contributed by atoms with Crippen molar-refractivity contribution < 1.29 is 9.53 Å². The third kappa shape index (κ3) is 5.09. The molecule has 0 unspecified atom stereocenters. The molecule has 5 heteroatoms. The van der Waals surface area contributed by atoms with E-state index in [1.165, 1.54) is 0 Å². The van der Waals surface area contributed by atoms with Gasteiger partial charge in [-0.3, -0.25) is 0 Å².